The summed E-state index contributed by atoms with van der Waals surface area (Å²) in [5, 5.41) is 0. The van der Waals surface area contributed by atoms with Crippen molar-refractivity contribution in [3.8, 4) is 0 Å². The van der Waals surface area contributed by atoms with Crippen LogP contribution in [0.25, 0.3) is 0 Å². The summed E-state index contributed by atoms with van der Waals surface area (Å²) in [6, 6.07) is 6.39. The molecule has 3 rings (SSSR count). The summed E-state index contributed by atoms with van der Waals surface area (Å²) in [5.74, 6) is -0.820. The van der Waals surface area contributed by atoms with Crippen LogP contribution in [0.5, 0.6) is 0 Å². The molecule has 1 aromatic heterocycles. The second-order valence-corrected chi connectivity index (χ2v) is 7.93. The minimum atomic E-state index is -4.51. The van der Waals surface area contributed by atoms with Crippen molar-refractivity contribution in [3.63, 3.8) is 0 Å². The van der Waals surface area contributed by atoms with Crippen LogP contribution in [0.3, 0.4) is 0 Å². The summed E-state index contributed by atoms with van der Waals surface area (Å²) in [5.41, 5.74) is -0.816. The maximum absolute atomic E-state index is 13.3. The third-order valence-corrected chi connectivity index (χ3v) is 5.83. The topological polar surface area (TPSA) is 62.3 Å². The molecule has 0 aliphatic carbocycles. The quantitative estimate of drug-likeness (QED) is 0.797. The van der Waals surface area contributed by atoms with Gasteiger partial charge in [-0.15, -0.1) is 0 Å². The van der Waals surface area contributed by atoms with Crippen LogP contribution < -0.4 is 9.62 Å². The molecule has 0 spiro atoms. The van der Waals surface area contributed by atoms with Crippen LogP contribution in [0.4, 0.5) is 23.4 Å². The zero-order chi connectivity index (χ0) is 19.7. The summed E-state index contributed by atoms with van der Waals surface area (Å²) in [4.78, 5) is 5.16. The second kappa shape index (κ2) is 7.43. The number of nitrogens with one attached hydrogen (secondary N) is 1. The molecule has 0 saturated carbocycles. The van der Waals surface area contributed by atoms with E-state index in [1.54, 1.807) is 0 Å². The molecule has 1 N–H and O–H groups in total. The predicted molar refractivity (Wildman–Crippen MR) is 91.2 cm³/mol. The molecule has 0 amide bonds. The van der Waals surface area contributed by atoms with Gasteiger partial charge in [-0.05, 0) is 43.2 Å². The second-order valence-electron chi connectivity index (χ2n) is 6.21. The molecule has 1 saturated heterocycles. The van der Waals surface area contributed by atoms with Crippen LogP contribution in [-0.2, 0) is 16.2 Å². The molecule has 146 valence electrons. The fourth-order valence-electron chi connectivity index (χ4n) is 3.00. The molecule has 0 bridgehead atoms. The van der Waals surface area contributed by atoms with Gasteiger partial charge in [0, 0.05) is 25.3 Å². The van der Waals surface area contributed by atoms with Gasteiger partial charge in [0.15, 0.2) is 0 Å². The van der Waals surface area contributed by atoms with Gasteiger partial charge in [0.2, 0.25) is 10.0 Å². The number of hydrogen-bond acceptors (Lipinski definition) is 4. The van der Waals surface area contributed by atoms with E-state index in [9.17, 15) is 26.0 Å². The monoisotopic (exact) mass is 403 g/mol. The van der Waals surface area contributed by atoms with Gasteiger partial charge in [-0.25, -0.2) is 22.5 Å². The van der Waals surface area contributed by atoms with Crippen molar-refractivity contribution in [3.05, 3.63) is 54.0 Å². The van der Waals surface area contributed by atoms with E-state index in [2.05, 4.69) is 9.71 Å². The van der Waals surface area contributed by atoms with Crippen molar-refractivity contribution >= 4 is 15.8 Å². The Kier molecular flexibility index (Phi) is 5.38. The van der Waals surface area contributed by atoms with Crippen LogP contribution in [0.1, 0.15) is 18.4 Å². The van der Waals surface area contributed by atoms with Gasteiger partial charge in [0.1, 0.15) is 11.6 Å². The van der Waals surface area contributed by atoms with Crippen molar-refractivity contribution in [2.75, 3.05) is 18.0 Å². The number of rotatable bonds is 4. The van der Waals surface area contributed by atoms with E-state index < -0.39 is 33.6 Å². The van der Waals surface area contributed by atoms with Gasteiger partial charge in [0.25, 0.3) is 0 Å². The zero-order valence-electron chi connectivity index (χ0n) is 14.1. The molecule has 0 unspecified atom stereocenters. The van der Waals surface area contributed by atoms with E-state index in [-0.39, 0.29) is 23.8 Å². The highest BCUT2D eigenvalue weighted by atomic mass is 32.2. The Morgan fingerprint density at radius 1 is 1.11 bits per heavy atom. The Morgan fingerprint density at radius 3 is 2.44 bits per heavy atom. The highest BCUT2D eigenvalue weighted by Crippen LogP contribution is 2.36. The fraction of sp³-hybridized carbons (Fsp3) is 0.353. The third-order valence-electron chi connectivity index (χ3n) is 4.31. The van der Waals surface area contributed by atoms with Crippen LogP contribution in [-0.4, -0.2) is 32.5 Å². The first-order chi connectivity index (χ1) is 12.7. The maximum Gasteiger partial charge on any atom is 0.419 e. The van der Waals surface area contributed by atoms with Crippen molar-refractivity contribution < 1.29 is 26.0 Å². The van der Waals surface area contributed by atoms with E-state index in [1.165, 1.54) is 29.3 Å². The largest absolute Gasteiger partial charge is 0.419 e. The van der Waals surface area contributed by atoms with Gasteiger partial charge in [0.05, 0.1) is 10.5 Å². The molecule has 1 fully saturated rings. The maximum atomic E-state index is 13.3. The smallest absolute Gasteiger partial charge is 0.356 e. The predicted octanol–water partition coefficient (Wildman–Crippen LogP) is 3.19. The number of piperidine rings is 1. The number of pyridine rings is 1. The number of sulfonamides is 1. The first-order valence-corrected chi connectivity index (χ1v) is 9.70. The minimum absolute atomic E-state index is 0.156. The first-order valence-electron chi connectivity index (χ1n) is 8.22. The average molecular weight is 403 g/mol. The van der Waals surface area contributed by atoms with Crippen LogP contribution in [0.15, 0.2) is 47.5 Å². The van der Waals surface area contributed by atoms with E-state index in [4.69, 9.17) is 0 Å². The number of halogens is 4. The molecular formula is C17H17F4N3O2S. The number of hydrogen-bond donors (Lipinski definition) is 1. The molecule has 1 aliphatic rings. The number of nitrogens with zero attached hydrogens (tertiary/aromatic N) is 2. The first kappa shape index (κ1) is 19.6. The summed E-state index contributed by atoms with van der Waals surface area (Å²) in [7, 11) is -3.90. The standard InChI is InChI=1S/C17H17F4N3O2S/c18-12-3-1-4-14(11-12)27(25,26)23-13-6-9-24(10-7-13)16-15(17(19,20)21)5-2-8-22-16/h1-5,8,11,13,23H,6-7,9-10H2. The van der Waals surface area contributed by atoms with Gasteiger partial charge >= 0.3 is 6.18 Å². The lowest BCUT2D eigenvalue weighted by Gasteiger charge is -2.34. The molecule has 27 heavy (non-hydrogen) atoms. The van der Waals surface area contributed by atoms with Crippen molar-refractivity contribution in [2.45, 2.75) is 30.0 Å². The Labute approximate surface area is 154 Å². The molecule has 1 aromatic carbocycles. The molecule has 1 aliphatic heterocycles. The number of alkyl halides is 3. The lowest BCUT2D eigenvalue weighted by Crippen LogP contribution is -2.45. The molecule has 2 aromatic rings. The van der Waals surface area contributed by atoms with E-state index >= 15 is 0 Å². The highest BCUT2D eigenvalue weighted by Gasteiger charge is 2.36. The van der Waals surface area contributed by atoms with Crippen LogP contribution >= 0.6 is 0 Å². The van der Waals surface area contributed by atoms with E-state index in [1.807, 2.05) is 0 Å². The van der Waals surface area contributed by atoms with Crippen molar-refractivity contribution in [2.24, 2.45) is 0 Å². The lowest BCUT2D eigenvalue weighted by atomic mass is 10.1. The van der Waals surface area contributed by atoms with Crippen LogP contribution in [0, 0.1) is 5.82 Å². The Balaban J connectivity index is 1.68. The Hall–Kier alpha value is -2.20. The van der Waals surface area contributed by atoms with E-state index in [0.717, 1.165) is 18.2 Å². The van der Waals surface area contributed by atoms with Gasteiger partial charge < -0.3 is 4.90 Å². The molecule has 5 nitrogen and oxygen atoms in total. The van der Waals surface area contributed by atoms with Gasteiger partial charge in [-0.1, -0.05) is 6.07 Å². The molecule has 0 radical (unpaired) electrons. The van der Waals surface area contributed by atoms with Crippen molar-refractivity contribution in [1.82, 2.24) is 9.71 Å². The molecular weight excluding hydrogens is 386 g/mol. The Bertz CT molecular complexity index is 910. The average Bonchev–Trinajstić information content (AvgIpc) is 2.61. The summed E-state index contributed by atoms with van der Waals surface area (Å²) in [6.07, 6.45) is -2.60. The third kappa shape index (κ3) is 4.56. The fourth-order valence-corrected chi connectivity index (χ4v) is 4.34. The molecule has 10 heteroatoms. The zero-order valence-corrected chi connectivity index (χ0v) is 14.9. The SMILES string of the molecule is O=S(=O)(NC1CCN(c2ncccc2C(F)(F)F)CC1)c1cccc(F)c1. The summed E-state index contributed by atoms with van der Waals surface area (Å²) in [6.45, 7) is 0.437. The number of benzene rings is 1. The molecule has 2 heterocycles. The van der Waals surface area contributed by atoms with E-state index in [0.29, 0.717) is 12.8 Å². The molecule has 0 atom stereocenters. The lowest BCUT2D eigenvalue weighted by molar-refractivity contribution is -0.137. The summed E-state index contributed by atoms with van der Waals surface area (Å²) < 4.78 is 79.8. The van der Waals surface area contributed by atoms with Gasteiger partial charge in [-0.2, -0.15) is 13.2 Å². The van der Waals surface area contributed by atoms with Gasteiger partial charge in [-0.3, -0.25) is 0 Å². The number of anilines is 1. The normalized spacial score (nSPS) is 16.5. The van der Waals surface area contributed by atoms with Crippen LogP contribution in [0.2, 0.25) is 0 Å². The van der Waals surface area contributed by atoms with Crippen molar-refractivity contribution in [1.29, 1.82) is 0 Å². The minimum Gasteiger partial charge on any atom is -0.356 e. The number of aromatic nitrogens is 1. The summed E-state index contributed by atoms with van der Waals surface area (Å²) >= 11 is 0. The highest BCUT2D eigenvalue weighted by molar-refractivity contribution is 7.89. The Morgan fingerprint density at radius 2 is 1.81 bits per heavy atom.